The number of hydrogen-bond acceptors (Lipinski definition) is 5. The molecule has 0 bridgehead atoms. The Morgan fingerprint density at radius 3 is 3.04 bits per heavy atom. The number of carbonyl (C=O) groups excluding carboxylic acids is 1. The first-order chi connectivity index (χ1) is 12.5. The van der Waals surface area contributed by atoms with Crippen molar-refractivity contribution < 1.29 is 9.18 Å². The number of nitrogens with zero attached hydrogens (tertiary/aromatic N) is 4. The molecule has 4 heterocycles. The second-order valence-corrected chi connectivity index (χ2v) is 6.67. The molecule has 3 aromatic heterocycles. The van der Waals surface area contributed by atoms with Crippen LogP contribution < -0.4 is 5.32 Å². The summed E-state index contributed by atoms with van der Waals surface area (Å²) in [4.78, 5) is 28.8. The van der Waals surface area contributed by atoms with Crippen LogP contribution in [0, 0.1) is 5.82 Å². The summed E-state index contributed by atoms with van der Waals surface area (Å²) >= 11 is 6.02. The molecule has 0 saturated carbocycles. The van der Waals surface area contributed by atoms with E-state index < -0.39 is 5.82 Å². The van der Waals surface area contributed by atoms with Crippen molar-refractivity contribution in [3.63, 3.8) is 0 Å². The van der Waals surface area contributed by atoms with Crippen molar-refractivity contribution in [3.8, 4) is 11.4 Å². The molecule has 0 aliphatic carbocycles. The van der Waals surface area contributed by atoms with E-state index in [0.29, 0.717) is 35.1 Å². The predicted molar refractivity (Wildman–Crippen MR) is 96.4 cm³/mol. The molecule has 2 N–H and O–H groups in total. The number of H-pyrrole nitrogens is 1. The zero-order chi connectivity index (χ0) is 18.3. The van der Waals surface area contributed by atoms with Gasteiger partial charge in [-0.05, 0) is 12.5 Å². The van der Waals surface area contributed by atoms with E-state index in [9.17, 15) is 9.18 Å². The quantitative estimate of drug-likeness (QED) is 0.736. The number of hydrogen-bond donors (Lipinski definition) is 2. The zero-order valence-corrected chi connectivity index (χ0v) is 14.7. The summed E-state index contributed by atoms with van der Waals surface area (Å²) in [5, 5.41) is 4.34. The molecule has 0 aromatic carbocycles. The fourth-order valence-electron chi connectivity index (χ4n) is 3.12. The number of anilines is 1. The molecule has 9 heteroatoms. The molecule has 1 amide bonds. The first-order valence-corrected chi connectivity index (χ1v) is 8.56. The lowest BCUT2D eigenvalue weighted by atomic mass is 10.2. The Kier molecular flexibility index (Phi) is 4.20. The van der Waals surface area contributed by atoms with E-state index in [2.05, 4.69) is 25.3 Å². The molecule has 1 fully saturated rings. The maximum absolute atomic E-state index is 14.2. The van der Waals surface area contributed by atoms with Gasteiger partial charge in [0, 0.05) is 49.4 Å². The fourth-order valence-corrected chi connectivity index (χ4v) is 3.28. The van der Waals surface area contributed by atoms with Crippen LogP contribution in [0.25, 0.3) is 22.4 Å². The van der Waals surface area contributed by atoms with Gasteiger partial charge in [-0.15, -0.1) is 0 Å². The lowest BCUT2D eigenvalue weighted by Crippen LogP contribution is -2.30. The molecule has 1 saturated heterocycles. The van der Waals surface area contributed by atoms with Gasteiger partial charge in [-0.3, -0.25) is 4.79 Å². The van der Waals surface area contributed by atoms with Gasteiger partial charge in [0.2, 0.25) is 5.91 Å². The van der Waals surface area contributed by atoms with Crippen molar-refractivity contribution in [1.82, 2.24) is 24.8 Å². The van der Waals surface area contributed by atoms with Crippen LogP contribution in [0.3, 0.4) is 0 Å². The van der Waals surface area contributed by atoms with E-state index >= 15 is 0 Å². The van der Waals surface area contributed by atoms with Gasteiger partial charge < -0.3 is 15.2 Å². The Balaban J connectivity index is 1.64. The molecular weight excluding hydrogens is 359 g/mol. The molecule has 0 spiro atoms. The first-order valence-electron chi connectivity index (χ1n) is 8.19. The van der Waals surface area contributed by atoms with E-state index in [-0.39, 0.29) is 17.8 Å². The number of nitrogens with one attached hydrogen (secondary N) is 2. The van der Waals surface area contributed by atoms with Gasteiger partial charge in [-0.1, -0.05) is 11.6 Å². The molecule has 1 aliphatic rings. The minimum Gasteiger partial charge on any atom is -0.363 e. The molecule has 4 rings (SSSR count). The second kappa shape index (κ2) is 6.53. The first kappa shape index (κ1) is 16.7. The number of halogens is 2. The number of aromatic nitrogens is 4. The molecule has 3 aromatic rings. The predicted octanol–water partition coefficient (Wildman–Crippen LogP) is 2.85. The largest absolute Gasteiger partial charge is 0.363 e. The number of amides is 1. The molecule has 0 radical (unpaired) electrons. The van der Waals surface area contributed by atoms with Crippen LogP contribution >= 0.6 is 11.6 Å². The van der Waals surface area contributed by atoms with E-state index in [1.807, 2.05) is 0 Å². The van der Waals surface area contributed by atoms with Gasteiger partial charge in [0.05, 0.1) is 11.2 Å². The van der Waals surface area contributed by atoms with Crippen molar-refractivity contribution >= 4 is 34.4 Å². The number of aromatic amines is 1. The van der Waals surface area contributed by atoms with Crippen molar-refractivity contribution in [2.24, 2.45) is 0 Å². The van der Waals surface area contributed by atoms with Gasteiger partial charge in [0.25, 0.3) is 0 Å². The number of carbonyl (C=O) groups is 1. The maximum atomic E-state index is 14.2. The van der Waals surface area contributed by atoms with Crippen LogP contribution in [-0.4, -0.2) is 49.9 Å². The highest BCUT2D eigenvalue weighted by Gasteiger charge is 2.25. The second-order valence-electron chi connectivity index (χ2n) is 6.24. The lowest BCUT2D eigenvalue weighted by molar-refractivity contribution is -0.127. The Morgan fingerprint density at radius 1 is 1.42 bits per heavy atom. The zero-order valence-electron chi connectivity index (χ0n) is 14.0. The average molecular weight is 375 g/mol. The molecule has 0 unspecified atom stereocenters. The van der Waals surface area contributed by atoms with E-state index in [1.54, 1.807) is 23.4 Å². The third-order valence-corrected chi connectivity index (χ3v) is 4.66. The smallest absolute Gasteiger partial charge is 0.219 e. The van der Waals surface area contributed by atoms with Crippen molar-refractivity contribution in [2.45, 2.75) is 19.4 Å². The van der Waals surface area contributed by atoms with Gasteiger partial charge in [-0.25, -0.2) is 19.3 Å². The van der Waals surface area contributed by atoms with Crippen LogP contribution in [-0.2, 0) is 4.79 Å². The van der Waals surface area contributed by atoms with E-state index in [4.69, 9.17) is 11.6 Å². The molecule has 1 aliphatic heterocycles. The topological polar surface area (TPSA) is 86.8 Å². The number of fused-ring (bicyclic) bond motifs is 1. The minimum atomic E-state index is -0.536. The van der Waals surface area contributed by atoms with Crippen LogP contribution in [0.2, 0.25) is 5.02 Å². The molecule has 134 valence electrons. The minimum absolute atomic E-state index is 0.0151. The normalized spacial score (nSPS) is 17.0. The van der Waals surface area contributed by atoms with Crippen LogP contribution in [0.1, 0.15) is 13.3 Å². The van der Waals surface area contributed by atoms with Crippen molar-refractivity contribution in [3.05, 3.63) is 35.5 Å². The molecule has 7 nitrogen and oxygen atoms in total. The Labute approximate surface area is 153 Å². The summed E-state index contributed by atoms with van der Waals surface area (Å²) in [5.41, 5.74) is 1.34. The Hall–Kier alpha value is -2.74. The monoisotopic (exact) mass is 374 g/mol. The van der Waals surface area contributed by atoms with Gasteiger partial charge >= 0.3 is 0 Å². The fraction of sp³-hybridized carbons (Fsp3) is 0.294. The highest BCUT2D eigenvalue weighted by Crippen LogP contribution is 2.28. The Bertz CT molecular complexity index is 991. The highest BCUT2D eigenvalue weighted by atomic mass is 35.5. The van der Waals surface area contributed by atoms with Gasteiger partial charge in [0.1, 0.15) is 5.65 Å². The molecule has 26 heavy (non-hydrogen) atoms. The Morgan fingerprint density at radius 2 is 2.27 bits per heavy atom. The number of likely N-dealkylation sites (tertiary alicyclic amines) is 1. The summed E-state index contributed by atoms with van der Waals surface area (Å²) < 4.78 is 14.2. The van der Waals surface area contributed by atoms with E-state index in [1.165, 1.54) is 6.92 Å². The third kappa shape index (κ3) is 3.08. The van der Waals surface area contributed by atoms with Crippen LogP contribution in [0.5, 0.6) is 0 Å². The molecular formula is C17H16ClFN6O. The van der Waals surface area contributed by atoms with Crippen molar-refractivity contribution in [1.29, 1.82) is 0 Å². The summed E-state index contributed by atoms with van der Waals surface area (Å²) in [7, 11) is 0. The summed E-state index contributed by atoms with van der Waals surface area (Å²) in [5.74, 6) is -0.0345. The summed E-state index contributed by atoms with van der Waals surface area (Å²) in [6.45, 7) is 2.71. The molecule has 1 atom stereocenters. The van der Waals surface area contributed by atoms with Crippen LogP contribution in [0.4, 0.5) is 10.2 Å². The SMILES string of the molecule is CC(=O)N1CC[C@H](Nc2nc(-c3c[nH]c4ncc(Cl)cc34)ncc2F)C1. The van der Waals surface area contributed by atoms with E-state index in [0.717, 1.165) is 18.0 Å². The standard InChI is InChI=1S/C17H16ClFN6O/c1-9(26)25-3-2-11(8-25)23-17-14(19)7-22-16(24-17)13-6-21-15-12(13)4-10(18)5-20-15/h4-7,11H,2-3,8H2,1H3,(H,20,21)(H,22,23,24)/t11-/m0/s1. The maximum Gasteiger partial charge on any atom is 0.219 e. The highest BCUT2D eigenvalue weighted by molar-refractivity contribution is 6.31. The van der Waals surface area contributed by atoms with Crippen LogP contribution in [0.15, 0.2) is 24.7 Å². The lowest BCUT2D eigenvalue weighted by Gasteiger charge is -2.16. The third-order valence-electron chi connectivity index (χ3n) is 4.46. The number of pyridine rings is 1. The summed E-state index contributed by atoms with van der Waals surface area (Å²) in [6, 6.07) is 1.72. The van der Waals surface area contributed by atoms with Gasteiger partial charge in [0.15, 0.2) is 17.5 Å². The van der Waals surface area contributed by atoms with Gasteiger partial charge in [-0.2, -0.15) is 0 Å². The average Bonchev–Trinajstić information content (AvgIpc) is 3.23. The number of rotatable bonds is 3. The van der Waals surface area contributed by atoms with Crippen molar-refractivity contribution in [2.75, 3.05) is 18.4 Å². The summed E-state index contributed by atoms with van der Waals surface area (Å²) in [6.07, 6.45) is 5.14.